The van der Waals surface area contributed by atoms with E-state index in [4.69, 9.17) is 0 Å². The SMILES string of the molecule is CCCC1CCN(CC2C(C)CC(C)CC2NCC)C1. The van der Waals surface area contributed by atoms with Gasteiger partial charge in [-0.15, -0.1) is 0 Å². The molecule has 118 valence electrons. The van der Waals surface area contributed by atoms with Gasteiger partial charge in [-0.1, -0.05) is 34.1 Å². The molecule has 1 aliphatic carbocycles. The predicted molar refractivity (Wildman–Crippen MR) is 88.0 cm³/mol. The van der Waals surface area contributed by atoms with E-state index < -0.39 is 0 Å². The van der Waals surface area contributed by atoms with E-state index in [0.29, 0.717) is 0 Å². The minimum atomic E-state index is 0.754. The lowest BCUT2D eigenvalue weighted by Crippen LogP contribution is -2.48. The molecule has 1 heterocycles. The second-order valence-corrected chi connectivity index (χ2v) is 7.58. The van der Waals surface area contributed by atoms with Gasteiger partial charge in [0, 0.05) is 19.1 Å². The van der Waals surface area contributed by atoms with Gasteiger partial charge in [0.05, 0.1) is 0 Å². The summed E-state index contributed by atoms with van der Waals surface area (Å²) < 4.78 is 0. The average molecular weight is 281 g/mol. The summed E-state index contributed by atoms with van der Waals surface area (Å²) in [7, 11) is 0. The Morgan fingerprint density at radius 3 is 2.65 bits per heavy atom. The first-order valence-electron chi connectivity index (χ1n) is 9.09. The van der Waals surface area contributed by atoms with Crippen molar-refractivity contribution in [2.75, 3.05) is 26.2 Å². The van der Waals surface area contributed by atoms with Crippen LogP contribution >= 0.6 is 0 Å². The van der Waals surface area contributed by atoms with Crippen LogP contribution in [0.15, 0.2) is 0 Å². The molecule has 1 saturated heterocycles. The van der Waals surface area contributed by atoms with Gasteiger partial charge >= 0.3 is 0 Å². The van der Waals surface area contributed by atoms with Gasteiger partial charge in [0.25, 0.3) is 0 Å². The highest BCUT2D eigenvalue weighted by molar-refractivity contribution is 4.90. The zero-order valence-corrected chi connectivity index (χ0v) is 14.2. The van der Waals surface area contributed by atoms with Crippen molar-refractivity contribution in [2.45, 2.75) is 65.8 Å². The van der Waals surface area contributed by atoms with Gasteiger partial charge in [-0.2, -0.15) is 0 Å². The third kappa shape index (κ3) is 4.21. The van der Waals surface area contributed by atoms with E-state index in [2.05, 4.69) is 37.9 Å². The van der Waals surface area contributed by atoms with E-state index in [9.17, 15) is 0 Å². The van der Waals surface area contributed by atoms with E-state index in [-0.39, 0.29) is 0 Å². The minimum absolute atomic E-state index is 0.754. The van der Waals surface area contributed by atoms with Crippen LogP contribution in [0.25, 0.3) is 0 Å². The Balaban J connectivity index is 1.88. The lowest BCUT2D eigenvalue weighted by Gasteiger charge is -2.42. The van der Waals surface area contributed by atoms with Crippen LogP contribution in [0.3, 0.4) is 0 Å². The molecule has 2 aliphatic rings. The Kier molecular flexibility index (Phi) is 6.35. The highest BCUT2D eigenvalue weighted by atomic mass is 15.2. The van der Waals surface area contributed by atoms with Crippen LogP contribution in [0.5, 0.6) is 0 Å². The Hall–Kier alpha value is -0.0800. The lowest BCUT2D eigenvalue weighted by molar-refractivity contribution is 0.110. The molecule has 1 N–H and O–H groups in total. The summed E-state index contributed by atoms with van der Waals surface area (Å²) in [6.45, 7) is 14.7. The number of likely N-dealkylation sites (tertiary alicyclic amines) is 1. The van der Waals surface area contributed by atoms with Crippen LogP contribution in [0.1, 0.15) is 59.8 Å². The summed E-state index contributed by atoms with van der Waals surface area (Å²) in [6, 6.07) is 0.754. The molecule has 20 heavy (non-hydrogen) atoms. The zero-order chi connectivity index (χ0) is 14.5. The Bertz CT molecular complexity index is 279. The van der Waals surface area contributed by atoms with Crippen molar-refractivity contribution in [1.82, 2.24) is 10.2 Å². The number of nitrogens with zero attached hydrogens (tertiary/aromatic N) is 1. The van der Waals surface area contributed by atoms with Crippen molar-refractivity contribution in [3.05, 3.63) is 0 Å². The smallest absolute Gasteiger partial charge is 0.0112 e. The number of hydrogen-bond donors (Lipinski definition) is 1. The van der Waals surface area contributed by atoms with E-state index >= 15 is 0 Å². The fourth-order valence-corrected chi connectivity index (χ4v) is 4.74. The van der Waals surface area contributed by atoms with Crippen molar-refractivity contribution in [3.8, 4) is 0 Å². The highest BCUT2D eigenvalue weighted by Gasteiger charge is 2.35. The largest absolute Gasteiger partial charge is 0.314 e. The maximum absolute atomic E-state index is 3.78. The molecule has 2 heteroatoms. The van der Waals surface area contributed by atoms with Crippen LogP contribution in [-0.4, -0.2) is 37.1 Å². The monoisotopic (exact) mass is 280 g/mol. The normalized spacial score (nSPS) is 39.3. The minimum Gasteiger partial charge on any atom is -0.314 e. The first kappa shape index (κ1) is 16.3. The van der Waals surface area contributed by atoms with Gasteiger partial charge in [-0.3, -0.25) is 0 Å². The summed E-state index contributed by atoms with van der Waals surface area (Å²) in [5, 5.41) is 3.78. The molecule has 1 aliphatic heterocycles. The highest BCUT2D eigenvalue weighted by Crippen LogP contribution is 2.35. The van der Waals surface area contributed by atoms with Crippen LogP contribution in [0.2, 0.25) is 0 Å². The fraction of sp³-hybridized carbons (Fsp3) is 1.00. The van der Waals surface area contributed by atoms with Crippen molar-refractivity contribution in [2.24, 2.45) is 23.7 Å². The molecule has 2 fully saturated rings. The molecule has 0 bridgehead atoms. The zero-order valence-electron chi connectivity index (χ0n) is 14.2. The maximum atomic E-state index is 3.78. The van der Waals surface area contributed by atoms with Gasteiger partial charge in [0.15, 0.2) is 0 Å². The predicted octanol–water partition coefficient (Wildman–Crippen LogP) is 3.77. The summed E-state index contributed by atoms with van der Waals surface area (Å²) in [6.07, 6.45) is 7.05. The van der Waals surface area contributed by atoms with E-state index in [1.165, 1.54) is 51.7 Å². The molecule has 0 amide bonds. The maximum Gasteiger partial charge on any atom is 0.0112 e. The van der Waals surface area contributed by atoms with E-state index in [1.54, 1.807) is 0 Å². The first-order valence-corrected chi connectivity index (χ1v) is 9.09. The number of nitrogens with one attached hydrogen (secondary N) is 1. The number of hydrogen-bond acceptors (Lipinski definition) is 2. The van der Waals surface area contributed by atoms with E-state index in [1.807, 2.05) is 0 Å². The second kappa shape index (κ2) is 7.79. The van der Waals surface area contributed by atoms with Gasteiger partial charge in [0.1, 0.15) is 0 Å². The third-order valence-corrected chi connectivity index (χ3v) is 5.68. The topological polar surface area (TPSA) is 15.3 Å². The van der Waals surface area contributed by atoms with E-state index in [0.717, 1.165) is 36.3 Å². The van der Waals surface area contributed by atoms with Crippen molar-refractivity contribution >= 4 is 0 Å². The van der Waals surface area contributed by atoms with Gasteiger partial charge in [-0.05, 0) is 62.4 Å². The Morgan fingerprint density at radius 1 is 1.15 bits per heavy atom. The van der Waals surface area contributed by atoms with Crippen LogP contribution in [0, 0.1) is 23.7 Å². The van der Waals surface area contributed by atoms with Gasteiger partial charge < -0.3 is 10.2 Å². The summed E-state index contributed by atoms with van der Waals surface area (Å²) >= 11 is 0. The molecule has 0 radical (unpaired) electrons. The Morgan fingerprint density at radius 2 is 1.95 bits per heavy atom. The van der Waals surface area contributed by atoms with Crippen LogP contribution < -0.4 is 5.32 Å². The molecule has 0 aromatic carbocycles. The molecule has 0 spiro atoms. The number of rotatable bonds is 6. The summed E-state index contributed by atoms with van der Waals surface area (Å²) in [4.78, 5) is 2.77. The summed E-state index contributed by atoms with van der Waals surface area (Å²) in [5.41, 5.74) is 0. The summed E-state index contributed by atoms with van der Waals surface area (Å²) in [5.74, 6) is 3.63. The average Bonchev–Trinajstić information content (AvgIpc) is 2.82. The molecule has 1 saturated carbocycles. The third-order valence-electron chi connectivity index (χ3n) is 5.68. The molecule has 5 unspecified atom stereocenters. The molecule has 2 rings (SSSR count). The molecular weight excluding hydrogens is 244 g/mol. The van der Waals surface area contributed by atoms with Crippen molar-refractivity contribution in [3.63, 3.8) is 0 Å². The second-order valence-electron chi connectivity index (χ2n) is 7.58. The lowest BCUT2D eigenvalue weighted by atomic mass is 9.72. The van der Waals surface area contributed by atoms with Gasteiger partial charge in [0.2, 0.25) is 0 Å². The van der Waals surface area contributed by atoms with Gasteiger partial charge in [-0.25, -0.2) is 0 Å². The first-order chi connectivity index (χ1) is 9.63. The fourth-order valence-electron chi connectivity index (χ4n) is 4.74. The van der Waals surface area contributed by atoms with Crippen molar-refractivity contribution in [1.29, 1.82) is 0 Å². The molecule has 0 aromatic heterocycles. The van der Waals surface area contributed by atoms with Crippen molar-refractivity contribution < 1.29 is 0 Å². The Labute approximate surface area is 126 Å². The van der Waals surface area contributed by atoms with Crippen LogP contribution in [-0.2, 0) is 0 Å². The van der Waals surface area contributed by atoms with Crippen LogP contribution in [0.4, 0.5) is 0 Å². The molecule has 5 atom stereocenters. The quantitative estimate of drug-likeness (QED) is 0.797. The molecular formula is C18H36N2. The molecule has 2 nitrogen and oxygen atoms in total. The standard InChI is InChI=1S/C18H36N2/c1-5-7-16-8-9-20(12-16)13-17-15(4)10-14(3)11-18(17)19-6-2/h14-19H,5-13H2,1-4H3. The molecule has 0 aromatic rings.